The summed E-state index contributed by atoms with van der Waals surface area (Å²) in [5.41, 5.74) is 0. The largest absolute Gasteiger partial charge is 0.240 e. The quantitative estimate of drug-likeness (QED) is 0.862. The molecule has 1 aromatic carbocycles. The third kappa shape index (κ3) is 3.60. The molecule has 7 heteroatoms. The maximum Gasteiger partial charge on any atom is 0.240 e. The number of halogens is 3. The molecule has 0 atom stereocenters. The van der Waals surface area contributed by atoms with Crippen LogP contribution in [0.2, 0.25) is 10.0 Å². The van der Waals surface area contributed by atoms with E-state index in [1.54, 1.807) is 0 Å². The fourth-order valence-corrected chi connectivity index (χ4v) is 2.78. The second kappa shape index (κ2) is 5.50. The minimum absolute atomic E-state index is 0.109. The molecule has 0 spiro atoms. The summed E-state index contributed by atoms with van der Waals surface area (Å²) in [5, 5.41) is 1.10. The van der Waals surface area contributed by atoms with E-state index in [1.807, 2.05) is 0 Å². The summed E-state index contributed by atoms with van der Waals surface area (Å²) in [5.74, 6) is 0. The van der Waals surface area contributed by atoms with Crippen molar-refractivity contribution in [1.29, 1.82) is 0 Å². The number of rotatable bonds is 4. The molecule has 0 heterocycles. The molecule has 0 aliphatic heterocycles. The molecule has 0 saturated heterocycles. The molecule has 84 valence electrons. The summed E-state index contributed by atoms with van der Waals surface area (Å²) in [6.07, 6.45) is 0. The molecule has 0 fully saturated rings. The van der Waals surface area contributed by atoms with Crippen LogP contribution in [0.15, 0.2) is 23.1 Å². The van der Waals surface area contributed by atoms with Gasteiger partial charge in [0, 0.05) is 11.9 Å². The van der Waals surface area contributed by atoms with Crippen LogP contribution in [0.4, 0.5) is 0 Å². The Bertz CT molecular complexity index is 450. The lowest BCUT2D eigenvalue weighted by Gasteiger charge is -2.05. The Kier molecular flexibility index (Phi) is 4.86. The first kappa shape index (κ1) is 13.3. The van der Waals surface area contributed by atoms with Gasteiger partial charge in [-0.15, -0.1) is 0 Å². The zero-order chi connectivity index (χ0) is 11.5. The Balaban J connectivity index is 3.00. The normalized spacial score (nSPS) is 11.7. The molecule has 0 unspecified atom stereocenters. The molecule has 0 aliphatic carbocycles. The molecular formula is C8H8BrCl2NO2S. The highest BCUT2D eigenvalue weighted by atomic mass is 79.9. The molecule has 0 amide bonds. The molecule has 0 aromatic heterocycles. The second-order valence-corrected chi connectivity index (χ2v) is 6.04. The molecular weight excluding hydrogens is 325 g/mol. The zero-order valence-corrected chi connectivity index (χ0v) is 11.4. The van der Waals surface area contributed by atoms with Gasteiger partial charge in [-0.1, -0.05) is 39.1 Å². The Morgan fingerprint density at radius 1 is 1.27 bits per heavy atom. The van der Waals surface area contributed by atoms with Gasteiger partial charge in [-0.3, -0.25) is 0 Å². The summed E-state index contributed by atoms with van der Waals surface area (Å²) in [6, 6.07) is 4.18. The van der Waals surface area contributed by atoms with Crippen LogP contribution < -0.4 is 4.72 Å². The third-order valence-electron chi connectivity index (χ3n) is 1.59. The maximum atomic E-state index is 11.6. The predicted octanol–water partition coefficient (Wildman–Crippen LogP) is 2.67. The Morgan fingerprint density at radius 2 is 1.93 bits per heavy atom. The fourth-order valence-electron chi connectivity index (χ4n) is 0.900. The highest BCUT2D eigenvalue weighted by molar-refractivity contribution is 9.09. The minimum Gasteiger partial charge on any atom is -0.210 e. The van der Waals surface area contributed by atoms with Gasteiger partial charge in [-0.25, -0.2) is 13.1 Å². The number of sulfonamides is 1. The predicted molar refractivity (Wildman–Crippen MR) is 65.4 cm³/mol. The molecule has 15 heavy (non-hydrogen) atoms. The molecule has 1 N–H and O–H groups in total. The SMILES string of the molecule is O=S(=O)(NCCBr)c1ccc(Cl)c(Cl)c1. The van der Waals surface area contributed by atoms with E-state index in [4.69, 9.17) is 23.2 Å². The van der Waals surface area contributed by atoms with Gasteiger partial charge in [0.05, 0.1) is 14.9 Å². The van der Waals surface area contributed by atoms with E-state index in [2.05, 4.69) is 20.7 Å². The first-order chi connectivity index (χ1) is 6.97. The van der Waals surface area contributed by atoms with Crippen LogP contribution in [0, 0.1) is 0 Å². The highest BCUT2D eigenvalue weighted by Crippen LogP contribution is 2.24. The van der Waals surface area contributed by atoms with Crippen molar-refractivity contribution in [1.82, 2.24) is 4.72 Å². The maximum absolute atomic E-state index is 11.6. The monoisotopic (exact) mass is 331 g/mol. The number of nitrogens with one attached hydrogen (secondary N) is 1. The van der Waals surface area contributed by atoms with Crippen LogP contribution in [-0.2, 0) is 10.0 Å². The molecule has 0 aliphatic rings. The van der Waals surface area contributed by atoms with Crippen LogP contribution in [-0.4, -0.2) is 20.3 Å². The molecule has 1 rings (SSSR count). The van der Waals surface area contributed by atoms with Gasteiger partial charge in [0.1, 0.15) is 0 Å². The highest BCUT2D eigenvalue weighted by Gasteiger charge is 2.14. The average Bonchev–Trinajstić information content (AvgIpc) is 2.19. The van der Waals surface area contributed by atoms with E-state index in [0.29, 0.717) is 16.9 Å². The molecule has 0 radical (unpaired) electrons. The number of hydrogen-bond donors (Lipinski definition) is 1. The van der Waals surface area contributed by atoms with Gasteiger partial charge >= 0.3 is 0 Å². The number of alkyl halides is 1. The van der Waals surface area contributed by atoms with Crippen molar-refractivity contribution in [3.05, 3.63) is 28.2 Å². The Hall–Kier alpha value is 0.190. The zero-order valence-electron chi connectivity index (χ0n) is 7.50. The van der Waals surface area contributed by atoms with E-state index in [0.717, 1.165) is 0 Å². The standard InChI is InChI=1S/C8H8BrCl2NO2S/c9-3-4-12-15(13,14)6-1-2-7(10)8(11)5-6/h1-2,5,12H,3-4H2. The van der Waals surface area contributed by atoms with E-state index in [9.17, 15) is 8.42 Å². The Morgan fingerprint density at radius 3 is 2.47 bits per heavy atom. The van der Waals surface area contributed by atoms with Crippen molar-refractivity contribution < 1.29 is 8.42 Å². The number of hydrogen-bond acceptors (Lipinski definition) is 2. The van der Waals surface area contributed by atoms with E-state index in [1.165, 1.54) is 18.2 Å². The second-order valence-electron chi connectivity index (χ2n) is 2.66. The lowest BCUT2D eigenvalue weighted by atomic mass is 10.4. The first-order valence-electron chi connectivity index (χ1n) is 3.98. The van der Waals surface area contributed by atoms with Crippen molar-refractivity contribution >= 4 is 49.2 Å². The summed E-state index contributed by atoms with van der Waals surface area (Å²) in [7, 11) is -3.48. The summed E-state index contributed by atoms with van der Waals surface area (Å²) >= 11 is 14.5. The van der Waals surface area contributed by atoms with Crippen molar-refractivity contribution in [3.63, 3.8) is 0 Å². The molecule has 3 nitrogen and oxygen atoms in total. The minimum atomic E-state index is -3.48. The third-order valence-corrected chi connectivity index (χ3v) is 4.18. The van der Waals surface area contributed by atoms with E-state index < -0.39 is 10.0 Å². The summed E-state index contributed by atoms with van der Waals surface area (Å²) < 4.78 is 25.6. The molecule has 1 aromatic rings. The van der Waals surface area contributed by atoms with Gasteiger partial charge in [-0.05, 0) is 18.2 Å². The van der Waals surface area contributed by atoms with Crippen LogP contribution in [0.25, 0.3) is 0 Å². The van der Waals surface area contributed by atoms with Crippen LogP contribution >= 0.6 is 39.1 Å². The lowest BCUT2D eigenvalue weighted by Crippen LogP contribution is -2.25. The molecule has 0 bridgehead atoms. The van der Waals surface area contributed by atoms with Gasteiger partial charge in [0.15, 0.2) is 0 Å². The average molecular weight is 333 g/mol. The van der Waals surface area contributed by atoms with Gasteiger partial charge in [-0.2, -0.15) is 0 Å². The number of benzene rings is 1. The smallest absolute Gasteiger partial charge is 0.210 e. The van der Waals surface area contributed by atoms with Gasteiger partial charge in [0.25, 0.3) is 0 Å². The van der Waals surface area contributed by atoms with Crippen molar-refractivity contribution in [2.45, 2.75) is 4.90 Å². The van der Waals surface area contributed by atoms with Crippen molar-refractivity contribution in [2.24, 2.45) is 0 Å². The van der Waals surface area contributed by atoms with Crippen molar-refractivity contribution in [2.75, 3.05) is 11.9 Å². The topological polar surface area (TPSA) is 46.2 Å². The van der Waals surface area contributed by atoms with E-state index >= 15 is 0 Å². The van der Waals surface area contributed by atoms with Crippen LogP contribution in [0.1, 0.15) is 0 Å². The van der Waals surface area contributed by atoms with E-state index in [-0.39, 0.29) is 9.92 Å². The lowest BCUT2D eigenvalue weighted by molar-refractivity contribution is 0.584. The molecule has 0 saturated carbocycles. The fraction of sp³-hybridized carbons (Fsp3) is 0.250. The van der Waals surface area contributed by atoms with Crippen molar-refractivity contribution in [3.8, 4) is 0 Å². The van der Waals surface area contributed by atoms with Crippen LogP contribution in [0.5, 0.6) is 0 Å². The first-order valence-corrected chi connectivity index (χ1v) is 7.34. The van der Waals surface area contributed by atoms with Crippen LogP contribution in [0.3, 0.4) is 0 Å². The summed E-state index contributed by atoms with van der Waals surface area (Å²) in [4.78, 5) is 0.109. The van der Waals surface area contributed by atoms with Gasteiger partial charge in [0.2, 0.25) is 10.0 Å². The summed E-state index contributed by atoms with van der Waals surface area (Å²) in [6.45, 7) is 0.322. The van der Waals surface area contributed by atoms with Gasteiger partial charge < -0.3 is 0 Å². The Labute approximate surface area is 107 Å².